The largest absolute Gasteiger partial charge is 0.489 e. The molecule has 17 heteroatoms. The normalized spacial score (nSPS) is 13.0. The van der Waals surface area contributed by atoms with Crippen molar-refractivity contribution in [1.29, 1.82) is 0 Å². The highest BCUT2D eigenvalue weighted by Crippen LogP contribution is 2.17. The molecule has 6 amide bonds. The van der Waals surface area contributed by atoms with Crippen LogP contribution in [0.25, 0.3) is 0 Å². The van der Waals surface area contributed by atoms with E-state index in [4.69, 9.17) is 19.9 Å². The van der Waals surface area contributed by atoms with Gasteiger partial charge in [0.1, 0.15) is 49.2 Å². The van der Waals surface area contributed by atoms with E-state index in [-0.39, 0.29) is 39.1 Å². The standard InChI is InChI=1S/C52H56N8O9/c1-35(47(53)61)56-48(62)43(26-36-14-6-2-7-15-36)58-51(65)46(33-67-30-38-16-8-3-9-17-38)59-49(63)44(27-37-22-24-42(25-23-37)68-31-39-18-10-4-11-19-39)57-50(64)45(28-41-29-54-34-55-41)60-52(66)69-32-40-20-12-5-13-21-40/h2-25,29,34-35,43-46H,26-28,30-33H2,1H3,(H2,53,61)(H,54,55)(H,56,62)(H,57,64)(H,58,65)(H,59,63)(H,60,66)/t35-,43?,44+,45+,46+/m0/s1. The molecule has 6 rings (SSSR count). The first-order valence-electron chi connectivity index (χ1n) is 22.4. The Kier molecular flexibility index (Phi) is 19.0. The van der Waals surface area contributed by atoms with E-state index in [0.29, 0.717) is 29.2 Å². The summed E-state index contributed by atoms with van der Waals surface area (Å²) in [6.45, 7) is 1.41. The van der Waals surface area contributed by atoms with Gasteiger partial charge in [0.2, 0.25) is 29.5 Å². The Balaban J connectivity index is 1.25. The molecule has 5 aromatic carbocycles. The number of carbonyl (C=O) groups is 6. The molecule has 1 unspecified atom stereocenters. The van der Waals surface area contributed by atoms with Crippen LogP contribution in [0.1, 0.15) is 40.4 Å². The van der Waals surface area contributed by atoms with Crippen molar-refractivity contribution in [3.63, 3.8) is 0 Å². The van der Waals surface area contributed by atoms with Crippen LogP contribution >= 0.6 is 0 Å². The second-order valence-corrected chi connectivity index (χ2v) is 16.2. The fourth-order valence-electron chi connectivity index (χ4n) is 6.95. The van der Waals surface area contributed by atoms with E-state index >= 15 is 0 Å². The van der Waals surface area contributed by atoms with Gasteiger partial charge in [0.25, 0.3) is 0 Å². The number of ether oxygens (including phenoxy) is 3. The van der Waals surface area contributed by atoms with Crippen LogP contribution < -0.4 is 37.1 Å². The smallest absolute Gasteiger partial charge is 0.408 e. The van der Waals surface area contributed by atoms with Crippen LogP contribution in [0.2, 0.25) is 0 Å². The number of alkyl carbamates (subject to hydrolysis) is 1. The number of H-pyrrole nitrogens is 1. The Morgan fingerprint density at radius 2 is 0.971 bits per heavy atom. The van der Waals surface area contributed by atoms with Crippen molar-refractivity contribution in [3.8, 4) is 5.75 Å². The Morgan fingerprint density at radius 1 is 0.522 bits per heavy atom. The molecular formula is C52H56N8O9. The van der Waals surface area contributed by atoms with Gasteiger partial charge in [0.05, 0.1) is 19.5 Å². The summed E-state index contributed by atoms with van der Waals surface area (Å²) in [5.41, 5.74) is 9.77. The topological polar surface area (TPSA) is 245 Å². The first-order chi connectivity index (χ1) is 33.5. The summed E-state index contributed by atoms with van der Waals surface area (Å²) in [4.78, 5) is 89.1. The van der Waals surface area contributed by atoms with Gasteiger partial charge in [-0.15, -0.1) is 0 Å². The second kappa shape index (κ2) is 26.1. The summed E-state index contributed by atoms with van der Waals surface area (Å²) in [6.07, 6.45) is 1.95. The number of hydrogen-bond donors (Lipinski definition) is 7. The van der Waals surface area contributed by atoms with E-state index in [9.17, 15) is 28.8 Å². The minimum atomic E-state index is -1.42. The zero-order valence-corrected chi connectivity index (χ0v) is 38.0. The van der Waals surface area contributed by atoms with Crippen molar-refractivity contribution >= 4 is 35.6 Å². The van der Waals surface area contributed by atoms with Gasteiger partial charge in [-0.2, -0.15) is 0 Å². The SMILES string of the molecule is C[C@H](NC(=O)C(Cc1ccccc1)NC(=O)[C@@H](COCc1ccccc1)NC(=O)[C@@H](Cc1ccc(OCc2ccccc2)cc1)NC(=O)[C@@H](Cc1cnc[nH]1)NC(=O)OCc1ccccc1)C(N)=O. The van der Waals surface area contributed by atoms with Crippen LogP contribution in [0.4, 0.5) is 4.79 Å². The Morgan fingerprint density at radius 3 is 1.49 bits per heavy atom. The number of aromatic nitrogens is 2. The number of carbonyl (C=O) groups excluding carboxylic acids is 6. The van der Waals surface area contributed by atoms with Crippen LogP contribution in [-0.2, 0) is 72.5 Å². The first-order valence-corrected chi connectivity index (χ1v) is 22.4. The third-order valence-corrected chi connectivity index (χ3v) is 10.8. The minimum Gasteiger partial charge on any atom is -0.489 e. The maximum absolute atomic E-state index is 14.7. The lowest BCUT2D eigenvalue weighted by Gasteiger charge is -2.27. The summed E-state index contributed by atoms with van der Waals surface area (Å²) in [5, 5.41) is 13.5. The van der Waals surface area contributed by atoms with Gasteiger partial charge in [-0.05, 0) is 46.9 Å². The van der Waals surface area contributed by atoms with E-state index in [1.807, 2.05) is 66.7 Å². The number of aromatic amines is 1. The second-order valence-electron chi connectivity index (χ2n) is 16.2. The highest BCUT2D eigenvalue weighted by molar-refractivity contribution is 5.96. The number of rotatable bonds is 25. The van der Waals surface area contributed by atoms with Crippen LogP contribution in [0.3, 0.4) is 0 Å². The molecule has 0 saturated carbocycles. The van der Waals surface area contributed by atoms with Gasteiger partial charge in [-0.3, -0.25) is 24.0 Å². The number of nitrogens with one attached hydrogen (secondary N) is 6. The minimum absolute atomic E-state index is 0.0255. The van der Waals surface area contributed by atoms with Gasteiger partial charge < -0.3 is 51.5 Å². The predicted octanol–water partition coefficient (Wildman–Crippen LogP) is 3.97. The molecule has 358 valence electrons. The first kappa shape index (κ1) is 50.1. The summed E-state index contributed by atoms with van der Waals surface area (Å²) < 4.78 is 17.4. The molecule has 0 spiro atoms. The predicted molar refractivity (Wildman–Crippen MR) is 256 cm³/mol. The zero-order valence-electron chi connectivity index (χ0n) is 38.0. The Labute approximate surface area is 399 Å². The van der Waals surface area contributed by atoms with Crippen molar-refractivity contribution < 1.29 is 43.0 Å². The van der Waals surface area contributed by atoms with Crippen molar-refractivity contribution in [3.05, 3.63) is 192 Å². The third kappa shape index (κ3) is 16.8. The van der Waals surface area contributed by atoms with Crippen molar-refractivity contribution in [2.75, 3.05) is 6.61 Å². The molecule has 0 aliphatic carbocycles. The van der Waals surface area contributed by atoms with Gasteiger partial charge in [-0.25, -0.2) is 9.78 Å². The molecule has 6 aromatic rings. The van der Waals surface area contributed by atoms with Gasteiger partial charge in [-0.1, -0.05) is 133 Å². The molecule has 0 radical (unpaired) electrons. The lowest BCUT2D eigenvalue weighted by molar-refractivity contribution is -0.135. The van der Waals surface area contributed by atoms with Crippen LogP contribution in [0, 0.1) is 0 Å². The van der Waals surface area contributed by atoms with Crippen molar-refractivity contribution in [2.45, 2.75) is 76.2 Å². The molecule has 0 aliphatic rings. The van der Waals surface area contributed by atoms with Gasteiger partial charge in [0, 0.05) is 31.2 Å². The van der Waals surface area contributed by atoms with E-state index in [0.717, 1.165) is 16.7 Å². The van der Waals surface area contributed by atoms with Crippen LogP contribution in [0.15, 0.2) is 158 Å². The molecule has 5 atom stereocenters. The summed E-state index contributed by atoms with van der Waals surface area (Å²) >= 11 is 0. The molecule has 17 nitrogen and oxygen atoms in total. The average Bonchev–Trinajstić information content (AvgIpc) is 3.89. The Bertz CT molecular complexity index is 2550. The fourth-order valence-corrected chi connectivity index (χ4v) is 6.95. The molecule has 0 bridgehead atoms. The van der Waals surface area contributed by atoms with E-state index < -0.39 is 65.8 Å². The van der Waals surface area contributed by atoms with E-state index in [1.165, 1.54) is 19.4 Å². The molecule has 1 aromatic heterocycles. The number of benzene rings is 5. The molecule has 1 heterocycles. The zero-order chi connectivity index (χ0) is 48.8. The van der Waals surface area contributed by atoms with Crippen LogP contribution in [-0.4, -0.2) is 82.4 Å². The van der Waals surface area contributed by atoms with Crippen LogP contribution in [0.5, 0.6) is 5.75 Å². The monoisotopic (exact) mass is 936 g/mol. The Hall–Kier alpha value is -8.31. The maximum Gasteiger partial charge on any atom is 0.408 e. The van der Waals surface area contributed by atoms with Gasteiger partial charge in [0.15, 0.2) is 0 Å². The summed E-state index contributed by atoms with van der Waals surface area (Å²) in [6, 6.07) is 37.4. The molecule has 0 aliphatic heterocycles. The summed E-state index contributed by atoms with van der Waals surface area (Å²) in [5.74, 6) is -3.21. The van der Waals surface area contributed by atoms with Gasteiger partial charge >= 0.3 is 6.09 Å². The molecular weight excluding hydrogens is 881 g/mol. The quantitative estimate of drug-likeness (QED) is 0.0436. The number of nitrogens with zero attached hydrogens (tertiary/aromatic N) is 1. The van der Waals surface area contributed by atoms with E-state index in [2.05, 4.69) is 36.6 Å². The maximum atomic E-state index is 14.7. The lowest BCUT2D eigenvalue weighted by Crippen LogP contribution is -2.60. The third-order valence-electron chi connectivity index (χ3n) is 10.8. The number of primary amides is 1. The molecule has 0 fully saturated rings. The number of imidazole rings is 1. The number of nitrogens with two attached hydrogens (primary N) is 1. The highest BCUT2D eigenvalue weighted by atomic mass is 16.5. The molecule has 0 saturated heterocycles. The number of amides is 6. The van der Waals surface area contributed by atoms with E-state index in [1.54, 1.807) is 78.9 Å². The summed E-state index contributed by atoms with van der Waals surface area (Å²) in [7, 11) is 0. The highest BCUT2D eigenvalue weighted by Gasteiger charge is 2.33. The lowest BCUT2D eigenvalue weighted by atomic mass is 10.0. The fraction of sp³-hybridized carbons (Fsp3) is 0.250. The molecule has 8 N–H and O–H groups in total. The average molecular weight is 937 g/mol. The number of hydrogen-bond acceptors (Lipinski definition) is 10. The molecule has 69 heavy (non-hydrogen) atoms. The van der Waals surface area contributed by atoms with Crippen molar-refractivity contribution in [1.82, 2.24) is 36.6 Å². The van der Waals surface area contributed by atoms with Crippen molar-refractivity contribution in [2.24, 2.45) is 5.73 Å².